The molecule has 2 heteroatoms. The van der Waals surface area contributed by atoms with Crippen LogP contribution in [0.15, 0.2) is 11.6 Å². The second kappa shape index (κ2) is 6.63. The van der Waals surface area contributed by atoms with Crippen LogP contribution in [-0.2, 0) is 9.53 Å². The molecule has 0 saturated heterocycles. The summed E-state index contributed by atoms with van der Waals surface area (Å²) in [6.07, 6.45) is 2.52. The second-order valence-electron chi connectivity index (χ2n) is 4.39. The Bertz CT molecular complexity index is 202. The highest BCUT2D eigenvalue weighted by atomic mass is 16.5. The highest BCUT2D eigenvalue weighted by molar-refractivity contribution is 5.82. The molecule has 0 radical (unpaired) electrons. The van der Waals surface area contributed by atoms with Crippen LogP contribution in [0.5, 0.6) is 0 Å². The molecule has 82 valence electrons. The normalized spacial score (nSPS) is 12.4. The first-order chi connectivity index (χ1) is 6.43. The monoisotopic (exact) mass is 198 g/mol. The van der Waals surface area contributed by atoms with Crippen molar-refractivity contribution in [1.29, 1.82) is 0 Å². The first-order valence-electron chi connectivity index (χ1n) is 5.28. The molecule has 0 aromatic rings. The maximum atomic E-state index is 11.2. The van der Waals surface area contributed by atoms with Crippen LogP contribution in [0.4, 0.5) is 0 Å². The van der Waals surface area contributed by atoms with Gasteiger partial charge in [-0.1, -0.05) is 33.3 Å². The van der Waals surface area contributed by atoms with E-state index in [1.165, 1.54) is 0 Å². The van der Waals surface area contributed by atoms with Gasteiger partial charge in [0, 0.05) is 6.08 Å². The Labute approximate surface area is 87.3 Å². The van der Waals surface area contributed by atoms with Gasteiger partial charge in [0.25, 0.3) is 0 Å². The Hall–Kier alpha value is -0.790. The Morgan fingerprint density at radius 2 is 1.86 bits per heavy atom. The first-order valence-corrected chi connectivity index (χ1v) is 5.28. The average Bonchev–Trinajstić information content (AvgIpc) is 2.02. The third-order valence-electron chi connectivity index (χ3n) is 2.20. The van der Waals surface area contributed by atoms with E-state index in [1.54, 1.807) is 6.08 Å². The van der Waals surface area contributed by atoms with Crippen molar-refractivity contribution in [2.45, 2.75) is 41.0 Å². The van der Waals surface area contributed by atoms with Gasteiger partial charge in [-0.15, -0.1) is 0 Å². The molecule has 0 bridgehead atoms. The summed E-state index contributed by atoms with van der Waals surface area (Å²) in [6.45, 7) is 10.8. The van der Waals surface area contributed by atoms with E-state index in [2.05, 4.69) is 27.7 Å². The Morgan fingerprint density at radius 3 is 2.29 bits per heavy atom. The summed E-state index contributed by atoms with van der Waals surface area (Å²) in [5.74, 6) is 0.780. The number of rotatable bonds is 5. The molecular formula is C12H22O2. The van der Waals surface area contributed by atoms with Crippen LogP contribution >= 0.6 is 0 Å². The number of carbonyl (C=O) groups is 1. The second-order valence-corrected chi connectivity index (χ2v) is 4.39. The maximum absolute atomic E-state index is 11.2. The highest BCUT2D eigenvalue weighted by Gasteiger charge is 2.03. The van der Waals surface area contributed by atoms with Gasteiger partial charge < -0.3 is 4.74 Å². The summed E-state index contributed by atoms with van der Waals surface area (Å²) in [5.41, 5.74) is 1.07. The zero-order chi connectivity index (χ0) is 11.1. The van der Waals surface area contributed by atoms with Crippen LogP contribution in [0.25, 0.3) is 0 Å². The molecule has 0 unspecified atom stereocenters. The largest absolute Gasteiger partial charge is 0.463 e. The molecule has 0 heterocycles. The molecule has 0 aliphatic rings. The fourth-order valence-electron chi connectivity index (χ4n) is 0.789. The lowest BCUT2D eigenvalue weighted by atomic mass is 10.1. The van der Waals surface area contributed by atoms with Crippen molar-refractivity contribution in [3.05, 3.63) is 11.6 Å². The van der Waals surface area contributed by atoms with Crippen molar-refractivity contribution in [3.63, 3.8) is 0 Å². The van der Waals surface area contributed by atoms with E-state index < -0.39 is 0 Å². The number of ether oxygens (including phenoxy) is 1. The fourth-order valence-corrected chi connectivity index (χ4v) is 0.789. The minimum absolute atomic E-state index is 0.211. The standard InChI is InChI=1S/C12H22O2/c1-9(2)6-7-14-12(13)8-11(5)10(3)4/h8-10H,6-7H2,1-5H3. The molecular weight excluding hydrogens is 176 g/mol. The van der Waals surface area contributed by atoms with Crippen molar-refractivity contribution < 1.29 is 9.53 Å². The lowest BCUT2D eigenvalue weighted by Crippen LogP contribution is -2.06. The third kappa shape index (κ3) is 6.70. The smallest absolute Gasteiger partial charge is 0.330 e. The fraction of sp³-hybridized carbons (Fsp3) is 0.750. The van der Waals surface area contributed by atoms with E-state index >= 15 is 0 Å². The Balaban J connectivity index is 3.81. The SMILES string of the molecule is CC(=CC(=O)OCCC(C)C)C(C)C. The van der Waals surface area contributed by atoms with Crippen LogP contribution < -0.4 is 0 Å². The van der Waals surface area contributed by atoms with E-state index in [9.17, 15) is 4.79 Å². The van der Waals surface area contributed by atoms with Gasteiger partial charge in [-0.3, -0.25) is 0 Å². The highest BCUT2D eigenvalue weighted by Crippen LogP contribution is 2.08. The van der Waals surface area contributed by atoms with Gasteiger partial charge in [0.05, 0.1) is 6.61 Å². The van der Waals surface area contributed by atoms with Crippen LogP contribution in [-0.4, -0.2) is 12.6 Å². The summed E-state index contributed by atoms with van der Waals surface area (Å²) in [4.78, 5) is 11.2. The van der Waals surface area contributed by atoms with E-state index in [4.69, 9.17) is 4.74 Å². The average molecular weight is 198 g/mol. The predicted octanol–water partition coefficient (Wildman–Crippen LogP) is 3.18. The van der Waals surface area contributed by atoms with E-state index in [-0.39, 0.29) is 5.97 Å². The Morgan fingerprint density at radius 1 is 1.29 bits per heavy atom. The van der Waals surface area contributed by atoms with Crippen LogP contribution in [0, 0.1) is 11.8 Å². The van der Waals surface area contributed by atoms with Crippen molar-refractivity contribution in [3.8, 4) is 0 Å². The van der Waals surface area contributed by atoms with E-state index in [1.807, 2.05) is 6.92 Å². The molecule has 0 spiro atoms. The summed E-state index contributed by atoms with van der Waals surface area (Å²) < 4.78 is 5.06. The van der Waals surface area contributed by atoms with Crippen LogP contribution in [0.2, 0.25) is 0 Å². The van der Waals surface area contributed by atoms with Gasteiger partial charge in [0.1, 0.15) is 0 Å². The summed E-state index contributed by atoms with van der Waals surface area (Å²) in [7, 11) is 0. The van der Waals surface area contributed by atoms with Crippen molar-refractivity contribution in [2.24, 2.45) is 11.8 Å². The van der Waals surface area contributed by atoms with Gasteiger partial charge in [-0.25, -0.2) is 4.79 Å². The van der Waals surface area contributed by atoms with Gasteiger partial charge in [0.15, 0.2) is 0 Å². The lowest BCUT2D eigenvalue weighted by Gasteiger charge is -2.06. The quantitative estimate of drug-likeness (QED) is 0.501. The minimum atomic E-state index is -0.211. The molecule has 14 heavy (non-hydrogen) atoms. The maximum Gasteiger partial charge on any atom is 0.330 e. The number of esters is 1. The van der Waals surface area contributed by atoms with Gasteiger partial charge in [-0.2, -0.15) is 0 Å². The molecule has 0 aliphatic carbocycles. The number of carbonyl (C=O) groups excluding carboxylic acids is 1. The molecule has 0 aliphatic heterocycles. The molecule has 0 rings (SSSR count). The van der Waals surface area contributed by atoms with E-state index in [0.717, 1.165) is 12.0 Å². The molecule has 0 amide bonds. The molecule has 0 saturated carbocycles. The minimum Gasteiger partial charge on any atom is -0.463 e. The number of hydrogen-bond donors (Lipinski definition) is 0. The van der Waals surface area contributed by atoms with Gasteiger partial charge in [0.2, 0.25) is 0 Å². The van der Waals surface area contributed by atoms with Crippen LogP contribution in [0.1, 0.15) is 41.0 Å². The van der Waals surface area contributed by atoms with Gasteiger partial charge >= 0.3 is 5.97 Å². The van der Waals surface area contributed by atoms with E-state index in [0.29, 0.717) is 18.4 Å². The first kappa shape index (κ1) is 13.2. The number of hydrogen-bond acceptors (Lipinski definition) is 2. The predicted molar refractivity (Wildman–Crippen MR) is 59.0 cm³/mol. The summed E-state index contributed by atoms with van der Waals surface area (Å²) in [6, 6.07) is 0. The zero-order valence-electron chi connectivity index (χ0n) is 9.96. The molecule has 0 aromatic heterocycles. The van der Waals surface area contributed by atoms with Crippen LogP contribution in [0.3, 0.4) is 0 Å². The zero-order valence-corrected chi connectivity index (χ0v) is 9.96. The molecule has 0 atom stereocenters. The lowest BCUT2D eigenvalue weighted by molar-refractivity contribution is -0.138. The molecule has 0 N–H and O–H groups in total. The third-order valence-corrected chi connectivity index (χ3v) is 2.20. The number of allylic oxidation sites excluding steroid dienone is 1. The van der Waals surface area contributed by atoms with Crippen molar-refractivity contribution in [1.82, 2.24) is 0 Å². The van der Waals surface area contributed by atoms with Crippen molar-refractivity contribution >= 4 is 5.97 Å². The van der Waals surface area contributed by atoms with Crippen molar-refractivity contribution in [2.75, 3.05) is 6.61 Å². The summed E-state index contributed by atoms with van der Waals surface area (Å²) in [5, 5.41) is 0. The molecule has 0 aromatic carbocycles. The molecule has 0 fully saturated rings. The topological polar surface area (TPSA) is 26.3 Å². The van der Waals surface area contributed by atoms with Gasteiger partial charge in [-0.05, 0) is 25.2 Å². The molecule has 2 nitrogen and oxygen atoms in total. The summed E-state index contributed by atoms with van der Waals surface area (Å²) >= 11 is 0. The Kier molecular flexibility index (Phi) is 6.26.